The van der Waals surface area contributed by atoms with Crippen LogP contribution in [0.15, 0.2) is 24.3 Å². The number of aliphatic hydroxyl groups is 2. The van der Waals surface area contributed by atoms with E-state index in [0.29, 0.717) is 0 Å². The van der Waals surface area contributed by atoms with Gasteiger partial charge in [-0.3, -0.25) is 4.79 Å². The van der Waals surface area contributed by atoms with E-state index in [0.717, 1.165) is 57.8 Å². The molecule has 3 N–H and O–H groups in total. The summed E-state index contributed by atoms with van der Waals surface area (Å²) in [6.07, 6.45) is 14.7. The molecule has 0 aliphatic heterocycles. The molecule has 0 amide bonds. The minimum atomic E-state index is -0.730. The van der Waals surface area contributed by atoms with Crippen molar-refractivity contribution in [3.63, 3.8) is 0 Å². The lowest BCUT2D eigenvalue weighted by atomic mass is 10.1. The molecule has 4 nitrogen and oxygen atoms in total. The zero-order valence-corrected chi connectivity index (χ0v) is 13.8. The summed E-state index contributed by atoms with van der Waals surface area (Å²) in [6.45, 7) is 2.13. The Morgan fingerprint density at radius 1 is 0.955 bits per heavy atom. The van der Waals surface area contributed by atoms with Gasteiger partial charge in [0, 0.05) is 6.42 Å². The fourth-order valence-electron chi connectivity index (χ4n) is 2.13. The minimum absolute atomic E-state index is 0.250. The van der Waals surface area contributed by atoms with Crippen LogP contribution in [0.3, 0.4) is 0 Å². The smallest absolute Gasteiger partial charge is 0.303 e. The molecule has 0 bridgehead atoms. The van der Waals surface area contributed by atoms with E-state index in [1.807, 2.05) is 6.08 Å². The standard InChI is InChI=1S/C18H32O4/c1-2-3-8-11-16(19)14-15-17(20)12-9-6-4-5-7-10-13-18(21)22/h9,12,14-17,19-20H,2-8,10-11,13H2,1H3,(H,21,22)/b12-9+,15-14+. The Morgan fingerprint density at radius 2 is 1.68 bits per heavy atom. The lowest BCUT2D eigenvalue weighted by Crippen LogP contribution is -2.04. The van der Waals surface area contributed by atoms with Crippen LogP contribution in [0.1, 0.15) is 71.1 Å². The van der Waals surface area contributed by atoms with E-state index in [9.17, 15) is 15.0 Å². The maximum atomic E-state index is 10.3. The first-order valence-electron chi connectivity index (χ1n) is 8.49. The average molecular weight is 312 g/mol. The molecule has 0 saturated carbocycles. The maximum absolute atomic E-state index is 10.3. The van der Waals surface area contributed by atoms with Crippen LogP contribution in [0.5, 0.6) is 0 Å². The van der Waals surface area contributed by atoms with E-state index in [2.05, 4.69) is 6.92 Å². The van der Waals surface area contributed by atoms with Crippen LogP contribution < -0.4 is 0 Å². The van der Waals surface area contributed by atoms with Crippen LogP contribution in [0, 0.1) is 0 Å². The molecule has 0 aromatic heterocycles. The van der Waals surface area contributed by atoms with Crippen molar-refractivity contribution >= 4 is 5.97 Å². The molecule has 0 radical (unpaired) electrons. The highest BCUT2D eigenvalue weighted by Gasteiger charge is 2.00. The molecule has 0 spiro atoms. The number of carboxylic acids is 1. The van der Waals surface area contributed by atoms with Gasteiger partial charge in [-0.25, -0.2) is 0 Å². The van der Waals surface area contributed by atoms with Crippen LogP contribution in [-0.4, -0.2) is 33.5 Å². The summed E-state index contributed by atoms with van der Waals surface area (Å²) in [7, 11) is 0. The van der Waals surface area contributed by atoms with Crippen molar-refractivity contribution in [3.8, 4) is 0 Å². The maximum Gasteiger partial charge on any atom is 0.303 e. The number of hydrogen-bond acceptors (Lipinski definition) is 3. The predicted molar refractivity (Wildman–Crippen MR) is 89.8 cm³/mol. The lowest BCUT2D eigenvalue weighted by molar-refractivity contribution is -0.137. The van der Waals surface area contributed by atoms with Crippen LogP contribution in [0.2, 0.25) is 0 Å². The molecular weight excluding hydrogens is 280 g/mol. The summed E-state index contributed by atoms with van der Waals surface area (Å²) in [5.74, 6) is -0.730. The summed E-state index contributed by atoms with van der Waals surface area (Å²) in [5.41, 5.74) is 0. The third-order valence-corrected chi connectivity index (χ3v) is 3.48. The highest BCUT2D eigenvalue weighted by Crippen LogP contribution is 2.07. The molecule has 4 heteroatoms. The number of unbranched alkanes of at least 4 members (excludes halogenated alkanes) is 6. The second kappa shape index (κ2) is 14.8. The minimum Gasteiger partial charge on any atom is -0.481 e. The topological polar surface area (TPSA) is 77.8 Å². The monoisotopic (exact) mass is 312 g/mol. The van der Waals surface area contributed by atoms with Gasteiger partial charge in [0.2, 0.25) is 0 Å². The third-order valence-electron chi connectivity index (χ3n) is 3.48. The van der Waals surface area contributed by atoms with Crippen LogP contribution in [-0.2, 0) is 4.79 Å². The molecule has 0 aliphatic rings. The second-order valence-corrected chi connectivity index (χ2v) is 5.71. The first kappa shape index (κ1) is 20.9. The van der Waals surface area contributed by atoms with Crippen LogP contribution >= 0.6 is 0 Å². The lowest BCUT2D eigenvalue weighted by Gasteiger charge is -2.05. The molecule has 0 aromatic carbocycles. The van der Waals surface area contributed by atoms with Crippen molar-refractivity contribution in [2.24, 2.45) is 0 Å². The molecule has 128 valence electrons. The van der Waals surface area contributed by atoms with Crippen molar-refractivity contribution in [3.05, 3.63) is 24.3 Å². The fourth-order valence-corrected chi connectivity index (χ4v) is 2.13. The molecule has 0 rings (SSSR count). The Hall–Kier alpha value is -1.13. The highest BCUT2D eigenvalue weighted by molar-refractivity contribution is 5.66. The van der Waals surface area contributed by atoms with E-state index in [4.69, 9.17) is 5.11 Å². The quantitative estimate of drug-likeness (QED) is 0.336. The van der Waals surface area contributed by atoms with Crippen LogP contribution in [0.25, 0.3) is 0 Å². The fraction of sp³-hybridized carbons (Fsp3) is 0.722. The predicted octanol–water partition coefficient (Wildman–Crippen LogP) is 3.83. The van der Waals surface area contributed by atoms with E-state index in [-0.39, 0.29) is 6.42 Å². The molecular formula is C18H32O4. The van der Waals surface area contributed by atoms with E-state index in [1.165, 1.54) is 0 Å². The van der Waals surface area contributed by atoms with Crippen molar-refractivity contribution in [1.29, 1.82) is 0 Å². The second-order valence-electron chi connectivity index (χ2n) is 5.71. The normalized spacial score (nSPS) is 14.7. The third kappa shape index (κ3) is 15.3. The van der Waals surface area contributed by atoms with Gasteiger partial charge in [0.25, 0.3) is 0 Å². The number of rotatable bonds is 14. The molecule has 0 heterocycles. The van der Waals surface area contributed by atoms with Gasteiger partial charge in [0.15, 0.2) is 0 Å². The largest absolute Gasteiger partial charge is 0.481 e. The first-order chi connectivity index (χ1) is 10.6. The Bertz CT molecular complexity index is 323. The zero-order valence-electron chi connectivity index (χ0n) is 13.8. The summed E-state index contributed by atoms with van der Waals surface area (Å²) in [6, 6.07) is 0. The van der Waals surface area contributed by atoms with Crippen LogP contribution in [0.4, 0.5) is 0 Å². The average Bonchev–Trinajstić information content (AvgIpc) is 2.47. The van der Waals surface area contributed by atoms with E-state index >= 15 is 0 Å². The van der Waals surface area contributed by atoms with Gasteiger partial charge in [-0.2, -0.15) is 0 Å². The van der Waals surface area contributed by atoms with Crippen molar-refractivity contribution in [2.75, 3.05) is 0 Å². The van der Waals surface area contributed by atoms with Gasteiger partial charge in [0.05, 0.1) is 12.2 Å². The summed E-state index contributed by atoms with van der Waals surface area (Å²) in [4.78, 5) is 10.3. The van der Waals surface area contributed by atoms with Crippen molar-refractivity contribution in [1.82, 2.24) is 0 Å². The number of carboxylic acid groups (broad SMARTS) is 1. The number of aliphatic hydroxyl groups excluding tert-OH is 2. The number of allylic oxidation sites excluding steroid dienone is 1. The highest BCUT2D eigenvalue weighted by atomic mass is 16.4. The van der Waals surface area contributed by atoms with Gasteiger partial charge in [0.1, 0.15) is 0 Å². The van der Waals surface area contributed by atoms with Crippen molar-refractivity contribution < 1.29 is 20.1 Å². The van der Waals surface area contributed by atoms with E-state index in [1.54, 1.807) is 18.2 Å². The van der Waals surface area contributed by atoms with Crippen molar-refractivity contribution in [2.45, 2.75) is 83.3 Å². The van der Waals surface area contributed by atoms with Gasteiger partial charge >= 0.3 is 5.97 Å². The first-order valence-corrected chi connectivity index (χ1v) is 8.49. The molecule has 22 heavy (non-hydrogen) atoms. The van der Waals surface area contributed by atoms with Gasteiger partial charge in [-0.1, -0.05) is 63.3 Å². The summed E-state index contributed by atoms with van der Waals surface area (Å²) in [5, 5.41) is 27.9. The molecule has 0 saturated heterocycles. The van der Waals surface area contributed by atoms with Gasteiger partial charge < -0.3 is 15.3 Å². The summed E-state index contributed by atoms with van der Waals surface area (Å²) < 4.78 is 0. The van der Waals surface area contributed by atoms with E-state index < -0.39 is 18.2 Å². The van der Waals surface area contributed by atoms with Gasteiger partial charge in [-0.15, -0.1) is 0 Å². The Labute approximate surface area is 134 Å². The molecule has 0 aliphatic carbocycles. The Balaban J connectivity index is 3.60. The SMILES string of the molecule is CCCCCC(O)/C=C/C(O)/C=C/CCCCCCC(=O)O. The Morgan fingerprint density at radius 3 is 2.36 bits per heavy atom. The molecule has 2 atom stereocenters. The van der Waals surface area contributed by atoms with Gasteiger partial charge in [-0.05, 0) is 25.7 Å². The summed E-state index contributed by atoms with van der Waals surface area (Å²) >= 11 is 0. The molecule has 0 aromatic rings. The number of aliphatic carboxylic acids is 1. The Kier molecular flexibility index (Phi) is 14.0. The zero-order chi connectivity index (χ0) is 16.6. The number of carbonyl (C=O) groups is 1. The molecule has 2 unspecified atom stereocenters. The molecule has 0 fully saturated rings. The number of hydrogen-bond donors (Lipinski definition) is 3.